The molecule has 16 heavy (non-hydrogen) atoms. The van der Waals surface area contributed by atoms with E-state index >= 15 is 0 Å². The van der Waals surface area contributed by atoms with Gasteiger partial charge in [0.15, 0.2) is 0 Å². The fourth-order valence-corrected chi connectivity index (χ4v) is 1.88. The molecule has 0 spiro atoms. The maximum Gasteiger partial charge on any atom is 0.267 e. The lowest BCUT2D eigenvalue weighted by molar-refractivity contribution is 0.550. The van der Waals surface area contributed by atoms with E-state index in [1.54, 1.807) is 0 Å². The zero-order chi connectivity index (χ0) is 11.8. The van der Waals surface area contributed by atoms with Gasteiger partial charge in [-0.2, -0.15) is 0 Å². The monoisotopic (exact) mass is 224 g/mol. The number of aromatic nitrogens is 2. The number of hydrogen-bond donors (Lipinski definition) is 1. The molecule has 1 N–H and O–H groups in total. The molecule has 0 saturated carbocycles. The summed E-state index contributed by atoms with van der Waals surface area (Å²) in [6.45, 7) is 5.31. The van der Waals surface area contributed by atoms with Gasteiger partial charge < -0.3 is 0 Å². The van der Waals surface area contributed by atoms with Crippen molar-refractivity contribution in [3.05, 3.63) is 22.1 Å². The molecular formula is C13H24N2O. The van der Waals surface area contributed by atoms with E-state index in [1.807, 2.05) is 10.9 Å². The first-order valence-corrected chi connectivity index (χ1v) is 6.56. The zero-order valence-electron chi connectivity index (χ0n) is 10.6. The summed E-state index contributed by atoms with van der Waals surface area (Å²) in [6.07, 6.45) is 10.0. The average molecular weight is 224 g/mol. The first-order chi connectivity index (χ1) is 7.77. The second-order valence-electron chi connectivity index (χ2n) is 4.45. The van der Waals surface area contributed by atoms with Gasteiger partial charge in [-0.1, -0.05) is 39.5 Å². The number of rotatable bonds is 8. The third kappa shape index (κ3) is 4.25. The highest BCUT2D eigenvalue weighted by Crippen LogP contribution is 2.03. The van der Waals surface area contributed by atoms with E-state index in [9.17, 15) is 4.79 Å². The Morgan fingerprint density at radius 1 is 1.12 bits per heavy atom. The molecule has 0 fully saturated rings. The first kappa shape index (κ1) is 13.1. The Kier molecular flexibility index (Phi) is 5.98. The van der Waals surface area contributed by atoms with Crippen LogP contribution in [0, 0.1) is 0 Å². The van der Waals surface area contributed by atoms with Crippen molar-refractivity contribution in [1.82, 2.24) is 9.78 Å². The number of nitrogens with one attached hydrogen (secondary N) is 1. The van der Waals surface area contributed by atoms with Gasteiger partial charge in [-0.3, -0.25) is 14.6 Å². The standard InChI is InChI=1S/C13H24N2O/c1-3-5-7-9-12-11-15(14-13(12)16)10-8-6-4-2/h11H,3-10H2,1-2H3,(H,14,16). The van der Waals surface area contributed by atoms with Crippen molar-refractivity contribution in [1.29, 1.82) is 0 Å². The molecule has 1 rings (SSSR count). The summed E-state index contributed by atoms with van der Waals surface area (Å²) in [4.78, 5) is 11.6. The van der Waals surface area contributed by atoms with Gasteiger partial charge in [0, 0.05) is 18.3 Å². The highest BCUT2D eigenvalue weighted by Gasteiger charge is 2.03. The minimum Gasteiger partial charge on any atom is -0.292 e. The molecule has 1 heterocycles. The van der Waals surface area contributed by atoms with Gasteiger partial charge in [0.25, 0.3) is 5.56 Å². The fourth-order valence-electron chi connectivity index (χ4n) is 1.88. The lowest BCUT2D eigenvalue weighted by Gasteiger charge is -2.00. The number of aromatic amines is 1. The molecule has 1 aromatic heterocycles. The Morgan fingerprint density at radius 2 is 1.81 bits per heavy atom. The largest absolute Gasteiger partial charge is 0.292 e. The normalized spacial score (nSPS) is 10.9. The summed E-state index contributed by atoms with van der Waals surface area (Å²) in [5.41, 5.74) is 1.05. The summed E-state index contributed by atoms with van der Waals surface area (Å²) in [6, 6.07) is 0. The van der Waals surface area contributed by atoms with Crippen LogP contribution in [0.1, 0.15) is 57.9 Å². The van der Waals surface area contributed by atoms with Crippen molar-refractivity contribution in [3.63, 3.8) is 0 Å². The number of unbranched alkanes of at least 4 members (excludes halogenated alkanes) is 4. The molecule has 0 aromatic carbocycles. The van der Waals surface area contributed by atoms with Crippen molar-refractivity contribution in [3.8, 4) is 0 Å². The Hall–Kier alpha value is -0.990. The van der Waals surface area contributed by atoms with Gasteiger partial charge in [-0.05, 0) is 19.3 Å². The van der Waals surface area contributed by atoms with E-state index in [0.717, 1.165) is 31.4 Å². The fraction of sp³-hybridized carbons (Fsp3) is 0.769. The van der Waals surface area contributed by atoms with E-state index in [4.69, 9.17) is 0 Å². The Morgan fingerprint density at radius 3 is 2.50 bits per heavy atom. The van der Waals surface area contributed by atoms with E-state index < -0.39 is 0 Å². The van der Waals surface area contributed by atoms with Crippen LogP contribution in [0.4, 0.5) is 0 Å². The summed E-state index contributed by atoms with van der Waals surface area (Å²) in [5.74, 6) is 0. The smallest absolute Gasteiger partial charge is 0.267 e. The molecule has 3 nitrogen and oxygen atoms in total. The van der Waals surface area contributed by atoms with E-state index in [-0.39, 0.29) is 5.56 Å². The highest BCUT2D eigenvalue weighted by molar-refractivity contribution is 5.04. The average Bonchev–Trinajstić information content (AvgIpc) is 2.61. The lowest BCUT2D eigenvalue weighted by atomic mass is 10.1. The Bertz CT molecular complexity index is 338. The number of hydrogen-bond acceptors (Lipinski definition) is 1. The van der Waals surface area contributed by atoms with Crippen LogP contribution in [-0.2, 0) is 13.0 Å². The minimum atomic E-state index is 0.104. The van der Waals surface area contributed by atoms with Gasteiger partial charge in [0.2, 0.25) is 0 Å². The van der Waals surface area contributed by atoms with Crippen LogP contribution in [0.25, 0.3) is 0 Å². The minimum absolute atomic E-state index is 0.104. The molecule has 0 amide bonds. The molecule has 0 aliphatic rings. The van der Waals surface area contributed by atoms with Crippen LogP contribution in [-0.4, -0.2) is 9.78 Å². The number of aryl methyl sites for hydroxylation is 2. The summed E-state index contributed by atoms with van der Waals surface area (Å²) in [5, 5.41) is 2.89. The number of H-pyrrole nitrogens is 1. The maximum atomic E-state index is 11.6. The van der Waals surface area contributed by atoms with Gasteiger partial charge >= 0.3 is 0 Å². The van der Waals surface area contributed by atoms with Crippen LogP contribution in [0.5, 0.6) is 0 Å². The number of nitrogens with zero attached hydrogens (tertiary/aromatic N) is 1. The zero-order valence-corrected chi connectivity index (χ0v) is 10.6. The van der Waals surface area contributed by atoms with Crippen LogP contribution < -0.4 is 5.56 Å². The summed E-state index contributed by atoms with van der Waals surface area (Å²) >= 11 is 0. The van der Waals surface area contributed by atoms with Crippen LogP contribution >= 0.6 is 0 Å². The molecule has 0 unspecified atom stereocenters. The van der Waals surface area contributed by atoms with Gasteiger partial charge in [-0.15, -0.1) is 0 Å². The third-order valence-corrected chi connectivity index (χ3v) is 2.90. The van der Waals surface area contributed by atoms with Gasteiger partial charge in [-0.25, -0.2) is 0 Å². The lowest BCUT2D eigenvalue weighted by Crippen LogP contribution is -2.08. The molecule has 0 aliphatic carbocycles. The second kappa shape index (κ2) is 7.31. The molecule has 1 aromatic rings. The molecule has 0 bridgehead atoms. The second-order valence-corrected chi connectivity index (χ2v) is 4.45. The van der Waals surface area contributed by atoms with Crippen LogP contribution in [0.3, 0.4) is 0 Å². The van der Waals surface area contributed by atoms with E-state index in [0.29, 0.717) is 0 Å². The molecule has 0 aliphatic heterocycles. The SMILES string of the molecule is CCCCCc1cn(CCCCC)[nH]c1=O. The predicted molar refractivity (Wildman–Crippen MR) is 67.8 cm³/mol. The topological polar surface area (TPSA) is 37.8 Å². The van der Waals surface area contributed by atoms with Crippen LogP contribution in [0.2, 0.25) is 0 Å². The van der Waals surface area contributed by atoms with E-state index in [2.05, 4.69) is 18.9 Å². The molecule has 0 radical (unpaired) electrons. The van der Waals surface area contributed by atoms with Gasteiger partial charge in [0.05, 0.1) is 0 Å². The maximum absolute atomic E-state index is 11.6. The highest BCUT2D eigenvalue weighted by atomic mass is 16.1. The van der Waals surface area contributed by atoms with Crippen molar-refractivity contribution < 1.29 is 0 Å². The van der Waals surface area contributed by atoms with Crippen molar-refractivity contribution in [2.45, 2.75) is 65.3 Å². The van der Waals surface area contributed by atoms with E-state index in [1.165, 1.54) is 25.7 Å². The van der Waals surface area contributed by atoms with Crippen molar-refractivity contribution in [2.24, 2.45) is 0 Å². The molecule has 0 atom stereocenters. The van der Waals surface area contributed by atoms with Gasteiger partial charge in [0.1, 0.15) is 0 Å². The van der Waals surface area contributed by atoms with Crippen molar-refractivity contribution >= 4 is 0 Å². The Labute approximate surface area is 97.8 Å². The quantitative estimate of drug-likeness (QED) is 0.677. The predicted octanol–water partition coefficient (Wildman–Crippen LogP) is 3.10. The molecule has 0 saturated heterocycles. The van der Waals surface area contributed by atoms with Crippen molar-refractivity contribution in [2.75, 3.05) is 0 Å². The molecule has 3 heteroatoms. The third-order valence-electron chi connectivity index (χ3n) is 2.90. The summed E-state index contributed by atoms with van der Waals surface area (Å²) < 4.78 is 1.94. The Balaban J connectivity index is 2.43. The summed E-state index contributed by atoms with van der Waals surface area (Å²) in [7, 11) is 0. The molecule has 92 valence electrons. The molecular weight excluding hydrogens is 200 g/mol. The first-order valence-electron chi connectivity index (χ1n) is 6.56. The van der Waals surface area contributed by atoms with Crippen LogP contribution in [0.15, 0.2) is 11.0 Å².